The van der Waals surface area contributed by atoms with Crippen molar-refractivity contribution in [2.24, 2.45) is 5.92 Å². The minimum atomic E-state index is 0.0282. The van der Waals surface area contributed by atoms with Crippen LogP contribution in [0, 0.1) is 5.92 Å². The van der Waals surface area contributed by atoms with Gasteiger partial charge in [-0.05, 0) is 18.6 Å². The van der Waals surface area contributed by atoms with Crippen LogP contribution in [0.15, 0.2) is 24.3 Å². The normalized spacial score (nSPS) is 12.6. The smallest absolute Gasteiger partial charge is 0.228 e. The third-order valence-electron chi connectivity index (χ3n) is 3.15. The second-order valence-electron chi connectivity index (χ2n) is 4.65. The highest BCUT2D eigenvalue weighted by molar-refractivity contribution is 6.00. The summed E-state index contributed by atoms with van der Waals surface area (Å²) in [5, 5.41) is 10.9. The number of fused-ring (bicyclic) bond motifs is 1. The molecule has 0 spiro atoms. The van der Waals surface area contributed by atoms with Crippen LogP contribution >= 0.6 is 0 Å². The van der Waals surface area contributed by atoms with Crippen molar-refractivity contribution in [3.05, 3.63) is 24.3 Å². The zero-order chi connectivity index (χ0) is 13.0. The van der Waals surface area contributed by atoms with Gasteiger partial charge in [-0.1, -0.05) is 38.8 Å². The second-order valence-corrected chi connectivity index (χ2v) is 4.65. The molecule has 2 aromatic rings. The van der Waals surface area contributed by atoms with Crippen molar-refractivity contribution in [2.75, 3.05) is 5.32 Å². The van der Waals surface area contributed by atoms with Crippen molar-refractivity contribution < 1.29 is 4.79 Å². The fraction of sp³-hybridized carbons (Fsp3) is 0.429. The molecule has 0 aliphatic carbocycles. The minimum Gasteiger partial charge on any atom is -0.308 e. The van der Waals surface area contributed by atoms with Gasteiger partial charge >= 0.3 is 0 Å². The summed E-state index contributed by atoms with van der Waals surface area (Å²) >= 11 is 0. The molecule has 0 bridgehead atoms. The Labute approximate surface area is 107 Å². The average molecular weight is 245 g/mol. The zero-order valence-electron chi connectivity index (χ0n) is 10.9. The van der Waals surface area contributed by atoms with E-state index in [4.69, 9.17) is 0 Å². The molecular formula is C14H19N3O. The quantitative estimate of drug-likeness (QED) is 0.848. The van der Waals surface area contributed by atoms with Crippen molar-refractivity contribution in [3.63, 3.8) is 0 Å². The number of aromatic nitrogens is 2. The number of unbranched alkanes of at least 4 members (excludes halogenated alkanes) is 1. The van der Waals surface area contributed by atoms with E-state index >= 15 is 0 Å². The van der Waals surface area contributed by atoms with E-state index in [1.165, 1.54) is 0 Å². The SMILES string of the molecule is CCCCC(C)C(=O)Nc1n[nH]c2ccccc12. The van der Waals surface area contributed by atoms with Crippen molar-refractivity contribution in [3.8, 4) is 0 Å². The lowest BCUT2D eigenvalue weighted by molar-refractivity contribution is -0.119. The molecule has 1 amide bonds. The number of H-pyrrole nitrogens is 1. The molecular weight excluding hydrogens is 226 g/mol. The van der Waals surface area contributed by atoms with Gasteiger partial charge in [-0.3, -0.25) is 9.89 Å². The van der Waals surface area contributed by atoms with E-state index in [-0.39, 0.29) is 11.8 Å². The Morgan fingerprint density at radius 2 is 2.22 bits per heavy atom. The first-order chi connectivity index (χ1) is 8.72. The molecule has 4 nitrogen and oxygen atoms in total. The molecule has 18 heavy (non-hydrogen) atoms. The Balaban J connectivity index is 2.07. The van der Waals surface area contributed by atoms with E-state index in [2.05, 4.69) is 22.4 Å². The molecule has 2 N–H and O–H groups in total. The summed E-state index contributed by atoms with van der Waals surface area (Å²) in [6.45, 7) is 4.09. The summed E-state index contributed by atoms with van der Waals surface area (Å²) in [5.74, 6) is 0.695. The van der Waals surface area contributed by atoms with Crippen LogP contribution in [0.1, 0.15) is 33.1 Å². The topological polar surface area (TPSA) is 57.8 Å². The van der Waals surface area contributed by atoms with Crippen LogP contribution in [0.3, 0.4) is 0 Å². The lowest BCUT2D eigenvalue weighted by atomic mass is 10.0. The van der Waals surface area contributed by atoms with Crippen LogP contribution < -0.4 is 5.32 Å². The monoisotopic (exact) mass is 245 g/mol. The van der Waals surface area contributed by atoms with Crippen molar-refractivity contribution in [2.45, 2.75) is 33.1 Å². The van der Waals surface area contributed by atoms with E-state index in [0.717, 1.165) is 30.2 Å². The number of nitrogens with zero attached hydrogens (tertiary/aromatic N) is 1. The summed E-state index contributed by atoms with van der Waals surface area (Å²) in [5.41, 5.74) is 0.939. The Kier molecular flexibility index (Phi) is 3.97. The van der Waals surface area contributed by atoms with Gasteiger partial charge in [0.05, 0.1) is 5.52 Å². The number of hydrogen-bond acceptors (Lipinski definition) is 2. The molecule has 0 radical (unpaired) electrons. The van der Waals surface area contributed by atoms with E-state index in [9.17, 15) is 4.79 Å². The molecule has 4 heteroatoms. The van der Waals surface area contributed by atoms with Gasteiger partial charge in [0.2, 0.25) is 5.91 Å². The van der Waals surface area contributed by atoms with Crippen LogP contribution in [-0.2, 0) is 4.79 Å². The Bertz CT molecular complexity index is 533. The number of anilines is 1. The van der Waals surface area contributed by atoms with Crippen LogP contribution in [0.2, 0.25) is 0 Å². The summed E-state index contributed by atoms with van der Waals surface area (Å²) in [6.07, 6.45) is 3.11. The Morgan fingerprint density at radius 1 is 1.44 bits per heavy atom. The maximum Gasteiger partial charge on any atom is 0.228 e. The molecule has 1 unspecified atom stereocenters. The van der Waals surface area contributed by atoms with Gasteiger partial charge in [0, 0.05) is 11.3 Å². The Hall–Kier alpha value is -1.84. The lowest BCUT2D eigenvalue weighted by Crippen LogP contribution is -2.20. The fourth-order valence-corrected chi connectivity index (χ4v) is 1.94. The average Bonchev–Trinajstić information content (AvgIpc) is 2.79. The number of benzene rings is 1. The Morgan fingerprint density at radius 3 is 3.00 bits per heavy atom. The van der Waals surface area contributed by atoms with Crippen LogP contribution in [0.25, 0.3) is 10.9 Å². The number of aromatic amines is 1. The second kappa shape index (κ2) is 5.67. The molecule has 2 rings (SSSR count). The first-order valence-electron chi connectivity index (χ1n) is 6.46. The van der Waals surface area contributed by atoms with Gasteiger partial charge in [0.1, 0.15) is 0 Å². The highest BCUT2D eigenvalue weighted by Crippen LogP contribution is 2.20. The summed E-state index contributed by atoms with van der Waals surface area (Å²) < 4.78 is 0. The van der Waals surface area contributed by atoms with E-state index in [1.807, 2.05) is 31.2 Å². The molecule has 96 valence electrons. The molecule has 1 heterocycles. The predicted octanol–water partition coefficient (Wildman–Crippen LogP) is 3.33. The maximum atomic E-state index is 12.0. The molecule has 0 aliphatic rings. The van der Waals surface area contributed by atoms with Crippen molar-refractivity contribution in [1.29, 1.82) is 0 Å². The molecule has 0 saturated carbocycles. The third kappa shape index (κ3) is 2.70. The van der Waals surface area contributed by atoms with Gasteiger partial charge < -0.3 is 5.32 Å². The van der Waals surface area contributed by atoms with E-state index in [0.29, 0.717) is 5.82 Å². The van der Waals surface area contributed by atoms with Gasteiger partial charge in [0.25, 0.3) is 0 Å². The first-order valence-corrected chi connectivity index (χ1v) is 6.46. The van der Waals surface area contributed by atoms with E-state index in [1.54, 1.807) is 0 Å². The highest BCUT2D eigenvalue weighted by atomic mass is 16.1. The van der Waals surface area contributed by atoms with Gasteiger partial charge in [0.15, 0.2) is 5.82 Å². The van der Waals surface area contributed by atoms with E-state index < -0.39 is 0 Å². The number of amides is 1. The zero-order valence-corrected chi connectivity index (χ0v) is 10.9. The lowest BCUT2D eigenvalue weighted by Gasteiger charge is -2.09. The summed E-state index contributed by atoms with van der Waals surface area (Å²) in [4.78, 5) is 12.0. The number of rotatable bonds is 5. The summed E-state index contributed by atoms with van der Waals surface area (Å²) in [6, 6.07) is 7.77. The van der Waals surface area contributed by atoms with Gasteiger partial charge in [-0.25, -0.2) is 0 Å². The number of carbonyl (C=O) groups is 1. The third-order valence-corrected chi connectivity index (χ3v) is 3.15. The molecule has 1 aromatic carbocycles. The first kappa shape index (κ1) is 12.6. The summed E-state index contributed by atoms with van der Waals surface area (Å²) in [7, 11) is 0. The molecule has 0 fully saturated rings. The molecule has 0 saturated heterocycles. The minimum absolute atomic E-state index is 0.0282. The standard InChI is InChI=1S/C14H19N3O/c1-3-4-7-10(2)14(18)15-13-11-8-5-6-9-12(11)16-17-13/h5-6,8-10H,3-4,7H2,1-2H3,(H2,15,16,17,18). The van der Waals surface area contributed by atoms with Crippen molar-refractivity contribution >= 4 is 22.6 Å². The van der Waals surface area contributed by atoms with Gasteiger partial charge in [-0.15, -0.1) is 0 Å². The number of carbonyl (C=O) groups excluding carboxylic acids is 1. The van der Waals surface area contributed by atoms with Gasteiger partial charge in [-0.2, -0.15) is 5.10 Å². The van der Waals surface area contributed by atoms with Crippen molar-refractivity contribution in [1.82, 2.24) is 10.2 Å². The molecule has 0 aliphatic heterocycles. The molecule has 1 atom stereocenters. The fourth-order valence-electron chi connectivity index (χ4n) is 1.94. The van der Waals surface area contributed by atoms with Crippen LogP contribution in [-0.4, -0.2) is 16.1 Å². The molecule has 1 aromatic heterocycles. The number of nitrogens with one attached hydrogen (secondary N) is 2. The van der Waals surface area contributed by atoms with Crippen LogP contribution in [0.5, 0.6) is 0 Å². The predicted molar refractivity (Wildman–Crippen MR) is 73.4 cm³/mol. The highest BCUT2D eigenvalue weighted by Gasteiger charge is 2.14. The number of hydrogen-bond donors (Lipinski definition) is 2. The largest absolute Gasteiger partial charge is 0.308 e. The number of para-hydroxylation sites is 1. The maximum absolute atomic E-state index is 12.0. The van der Waals surface area contributed by atoms with Crippen LogP contribution in [0.4, 0.5) is 5.82 Å².